The highest BCUT2D eigenvalue weighted by atomic mass is 16.7. The molecule has 2 aromatic rings. The number of guanidine groups is 1. The summed E-state index contributed by atoms with van der Waals surface area (Å²) in [5.41, 5.74) is 3.12. The molecule has 0 aliphatic carbocycles. The molecule has 7 nitrogen and oxygen atoms in total. The molecule has 0 spiro atoms. The van der Waals surface area contributed by atoms with Crippen LogP contribution in [0.25, 0.3) is 0 Å². The van der Waals surface area contributed by atoms with Crippen LogP contribution in [-0.4, -0.2) is 32.3 Å². The fraction of sp³-hybridized carbons (Fsp3) is 0.300. The van der Waals surface area contributed by atoms with Crippen molar-refractivity contribution in [2.24, 2.45) is 4.99 Å². The lowest BCUT2D eigenvalue weighted by Crippen LogP contribution is -2.40. The number of hydrogen-bond donors (Lipinski definition) is 3. The Labute approximate surface area is 157 Å². The third-order valence-electron chi connectivity index (χ3n) is 4.74. The van der Waals surface area contributed by atoms with Crippen molar-refractivity contribution in [1.82, 2.24) is 10.6 Å². The van der Waals surface area contributed by atoms with E-state index in [1.54, 1.807) is 7.05 Å². The van der Waals surface area contributed by atoms with Gasteiger partial charge in [0.1, 0.15) is 0 Å². The molecule has 0 fully saturated rings. The monoisotopic (exact) mass is 366 g/mol. The van der Waals surface area contributed by atoms with Gasteiger partial charge in [0.05, 0.1) is 0 Å². The number of fused-ring (bicyclic) bond motifs is 2. The number of amides is 1. The molecule has 0 saturated heterocycles. The first-order valence-electron chi connectivity index (χ1n) is 8.95. The predicted molar refractivity (Wildman–Crippen MR) is 103 cm³/mol. The topological polar surface area (TPSA) is 84.0 Å². The fourth-order valence-electron chi connectivity index (χ4n) is 3.36. The van der Waals surface area contributed by atoms with Crippen LogP contribution in [0, 0.1) is 0 Å². The number of carbonyl (C=O) groups is 1. The summed E-state index contributed by atoms with van der Waals surface area (Å²) in [6, 6.07) is 13.8. The van der Waals surface area contributed by atoms with Gasteiger partial charge in [-0.25, -0.2) is 0 Å². The number of ether oxygens (including phenoxy) is 2. The van der Waals surface area contributed by atoms with Gasteiger partial charge in [-0.15, -0.1) is 0 Å². The molecular formula is C20H22N4O3. The van der Waals surface area contributed by atoms with Gasteiger partial charge in [-0.3, -0.25) is 9.79 Å². The fourth-order valence-corrected chi connectivity index (χ4v) is 3.36. The Morgan fingerprint density at radius 3 is 2.93 bits per heavy atom. The molecule has 2 aliphatic rings. The van der Waals surface area contributed by atoms with Crippen LogP contribution in [0.3, 0.4) is 0 Å². The number of benzene rings is 2. The Bertz CT molecular complexity index is 881. The number of anilines is 1. The standard InChI is InChI=1S/C20H22N4O3/c1-21-20(22-10-13-6-7-17-18(8-13)27-12-26-17)23-11-14-9-19(25)24-16-5-3-2-4-15(14)16/h2-8,14H,9-12H2,1H3,(H,24,25)(H2,21,22,23). The van der Waals surface area contributed by atoms with Crippen molar-refractivity contribution >= 4 is 17.6 Å². The van der Waals surface area contributed by atoms with Gasteiger partial charge in [0.2, 0.25) is 12.7 Å². The van der Waals surface area contributed by atoms with E-state index in [9.17, 15) is 4.79 Å². The molecule has 1 unspecified atom stereocenters. The summed E-state index contributed by atoms with van der Waals surface area (Å²) in [5, 5.41) is 9.54. The maximum atomic E-state index is 11.9. The second kappa shape index (κ2) is 7.57. The van der Waals surface area contributed by atoms with Gasteiger partial charge in [0.25, 0.3) is 0 Å². The molecule has 0 aromatic heterocycles. The first-order chi connectivity index (χ1) is 13.2. The van der Waals surface area contributed by atoms with Crippen molar-refractivity contribution in [3.05, 3.63) is 53.6 Å². The molecule has 2 heterocycles. The molecular weight excluding hydrogens is 344 g/mol. The number of carbonyl (C=O) groups excluding carboxylic acids is 1. The summed E-state index contributed by atoms with van der Waals surface area (Å²) in [6.45, 7) is 1.51. The number of nitrogens with zero attached hydrogens (tertiary/aromatic N) is 1. The first kappa shape index (κ1) is 17.2. The number of nitrogens with one attached hydrogen (secondary N) is 3. The third kappa shape index (κ3) is 3.81. The lowest BCUT2D eigenvalue weighted by molar-refractivity contribution is -0.116. The number of aliphatic imine (C=N–C) groups is 1. The number of rotatable bonds is 4. The van der Waals surface area contributed by atoms with E-state index in [-0.39, 0.29) is 18.6 Å². The van der Waals surface area contributed by atoms with Gasteiger partial charge < -0.3 is 25.4 Å². The summed E-state index contributed by atoms with van der Waals surface area (Å²) in [6.07, 6.45) is 0.461. The maximum absolute atomic E-state index is 11.9. The van der Waals surface area contributed by atoms with Crippen LogP contribution in [0.4, 0.5) is 5.69 Å². The van der Waals surface area contributed by atoms with Gasteiger partial charge in [-0.2, -0.15) is 0 Å². The van der Waals surface area contributed by atoms with E-state index in [1.807, 2.05) is 36.4 Å². The minimum absolute atomic E-state index is 0.0452. The smallest absolute Gasteiger partial charge is 0.231 e. The molecule has 4 rings (SSSR count). The van der Waals surface area contributed by atoms with E-state index in [2.05, 4.69) is 27.0 Å². The van der Waals surface area contributed by atoms with Crippen LogP contribution in [0.5, 0.6) is 11.5 Å². The van der Waals surface area contributed by atoms with Crippen LogP contribution < -0.4 is 25.4 Å². The molecule has 0 bridgehead atoms. The molecule has 0 radical (unpaired) electrons. The van der Waals surface area contributed by atoms with Crippen molar-refractivity contribution in [2.75, 3.05) is 25.7 Å². The highest BCUT2D eigenvalue weighted by Gasteiger charge is 2.24. The molecule has 140 valence electrons. The van der Waals surface area contributed by atoms with E-state index in [0.29, 0.717) is 25.5 Å². The van der Waals surface area contributed by atoms with E-state index in [1.165, 1.54) is 0 Å². The minimum Gasteiger partial charge on any atom is -0.454 e. The molecule has 1 atom stereocenters. The van der Waals surface area contributed by atoms with Crippen LogP contribution >= 0.6 is 0 Å². The average molecular weight is 366 g/mol. The lowest BCUT2D eigenvalue weighted by atomic mass is 9.90. The maximum Gasteiger partial charge on any atom is 0.231 e. The van der Waals surface area contributed by atoms with Crippen LogP contribution in [0.1, 0.15) is 23.5 Å². The van der Waals surface area contributed by atoms with Gasteiger partial charge in [0.15, 0.2) is 17.5 Å². The van der Waals surface area contributed by atoms with Crippen LogP contribution in [-0.2, 0) is 11.3 Å². The second-order valence-electron chi connectivity index (χ2n) is 6.53. The zero-order valence-corrected chi connectivity index (χ0v) is 15.1. The predicted octanol–water partition coefficient (Wildman–Crippen LogP) is 2.21. The Morgan fingerprint density at radius 1 is 1.19 bits per heavy atom. The molecule has 1 amide bonds. The van der Waals surface area contributed by atoms with Crippen LogP contribution in [0.2, 0.25) is 0 Å². The number of para-hydroxylation sites is 1. The summed E-state index contributed by atoms with van der Waals surface area (Å²) < 4.78 is 10.7. The van der Waals surface area contributed by atoms with Crippen molar-refractivity contribution in [3.63, 3.8) is 0 Å². The normalized spacial score (nSPS) is 17.9. The SMILES string of the molecule is CN=C(NCc1ccc2c(c1)OCO2)NCC1CC(=O)Nc2ccccc21. The van der Waals surface area contributed by atoms with E-state index < -0.39 is 0 Å². The van der Waals surface area contributed by atoms with Crippen molar-refractivity contribution < 1.29 is 14.3 Å². The highest BCUT2D eigenvalue weighted by molar-refractivity contribution is 5.94. The summed E-state index contributed by atoms with van der Waals surface area (Å²) in [4.78, 5) is 16.2. The summed E-state index contributed by atoms with van der Waals surface area (Å²) in [7, 11) is 1.73. The largest absolute Gasteiger partial charge is 0.454 e. The Morgan fingerprint density at radius 2 is 2.04 bits per heavy atom. The minimum atomic E-state index is 0.0452. The Kier molecular flexibility index (Phi) is 4.82. The highest BCUT2D eigenvalue weighted by Crippen LogP contribution is 2.33. The number of hydrogen-bond acceptors (Lipinski definition) is 4. The van der Waals surface area contributed by atoms with Gasteiger partial charge in [-0.05, 0) is 29.3 Å². The molecule has 3 N–H and O–H groups in total. The van der Waals surface area contributed by atoms with E-state index in [0.717, 1.165) is 28.3 Å². The van der Waals surface area contributed by atoms with Crippen LogP contribution in [0.15, 0.2) is 47.5 Å². The van der Waals surface area contributed by atoms with Crippen molar-refractivity contribution in [1.29, 1.82) is 0 Å². The van der Waals surface area contributed by atoms with E-state index >= 15 is 0 Å². The van der Waals surface area contributed by atoms with Crippen molar-refractivity contribution in [2.45, 2.75) is 18.9 Å². The molecule has 2 aromatic carbocycles. The van der Waals surface area contributed by atoms with Gasteiger partial charge in [-0.1, -0.05) is 24.3 Å². The van der Waals surface area contributed by atoms with Gasteiger partial charge in [0, 0.05) is 38.2 Å². The average Bonchev–Trinajstić information content (AvgIpc) is 3.15. The quantitative estimate of drug-likeness (QED) is 0.571. The zero-order chi connectivity index (χ0) is 18.6. The molecule has 7 heteroatoms. The second-order valence-corrected chi connectivity index (χ2v) is 6.53. The lowest BCUT2D eigenvalue weighted by Gasteiger charge is -2.26. The summed E-state index contributed by atoms with van der Waals surface area (Å²) in [5.74, 6) is 2.39. The Hall–Kier alpha value is -3.22. The molecule has 2 aliphatic heterocycles. The zero-order valence-electron chi connectivity index (χ0n) is 15.1. The molecule has 0 saturated carbocycles. The van der Waals surface area contributed by atoms with E-state index in [4.69, 9.17) is 9.47 Å². The third-order valence-corrected chi connectivity index (χ3v) is 4.74. The Balaban J connectivity index is 1.35. The van der Waals surface area contributed by atoms with Gasteiger partial charge >= 0.3 is 0 Å². The van der Waals surface area contributed by atoms with Crippen molar-refractivity contribution in [3.8, 4) is 11.5 Å². The molecule has 27 heavy (non-hydrogen) atoms. The first-order valence-corrected chi connectivity index (χ1v) is 8.95. The summed E-state index contributed by atoms with van der Waals surface area (Å²) >= 11 is 0.